The van der Waals surface area contributed by atoms with Gasteiger partial charge in [-0.1, -0.05) is 123 Å². The molecule has 0 fully saturated rings. The molecule has 0 saturated carbocycles. The van der Waals surface area contributed by atoms with Crippen molar-refractivity contribution in [1.82, 2.24) is 24.5 Å². The van der Waals surface area contributed by atoms with E-state index in [0.717, 1.165) is 43.6 Å². The SMILES string of the molecule is CC1(C)c2ccccc2-c2cccc(-c3nc(-c4ccccc4)nc(-c4cccc5c4sc4cc(-n6c7ccccc7c7cccnc76)ccc45)n3)c21. The van der Waals surface area contributed by atoms with Crippen molar-refractivity contribution < 1.29 is 0 Å². The van der Waals surface area contributed by atoms with Crippen LogP contribution in [0.1, 0.15) is 25.0 Å². The number of thiophene rings is 1. The molecule has 4 heterocycles. The van der Waals surface area contributed by atoms with Gasteiger partial charge in [0.25, 0.3) is 0 Å². The molecular weight excluding hydrogens is 667 g/mol. The molecule has 0 amide bonds. The minimum Gasteiger partial charge on any atom is -0.294 e. The van der Waals surface area contributed by atoms with Gasteiger partial charge in [0.15, 0.2) is 17.5 Å². The Balaban J connectivity index is 1.12. The number of pyridine rings is 1. The average Bonchev–Trinajstić information content (AvgIpc) is 3.83. The summed E-state index contributed by atoms with van der Waals surface area (Å²) in [6.45, 7) is 4.62. The van der Waals surface area contributed by atoms with Crippen LogP contribution in [0.2, 0.25) is 0 Å². The summed E-state index contributed by atoms with van der Waals surface area (Å²) in [4.78, 5) is 20.5. The first-order valence-corrected chi connectivity index (χ1v) is 18.7. The lowest BCUT2D eigenvalue weighted by Crippen LogP contribution is -2.17. The second kappa shape index (κ2) is 11.2. The molecule has 0 atom stereocenters. The van der Waals surface area contributed by atoms with Crippen molar-refractivity contribution in [3.63, 3.8) is 0 Å². The molecule has 11 rings (SSSR count). The van der Waals surface area contributed by atoms with Crippen molar-refractivity contribution >= 4 is 53.4 Å². The van der Waals surface area contributed by atoms with E-state index in [9.17, 15) is 0 Å². The summed E-state index contributed by atoms with van der Waals surface area (Å²) >= 11 is 1.79. The Morgan fingerprint density at radius 1 is 0.528 bits per heavy atom. The Morgan fingerprint density at radius 2 is 1.21 bits per heavy atom. The third-order valence-corrected chi connectivity index (χ3v) is 12.1. The smallest absolute Gasteiger partial charge is 0.165 e. The fraction of sp³-hybridized carbons (Fsp3) is 0.0638. The standard InChI is InChI=1S/C47H31N5S/c1-47(2)38-22-8-6-15-30(38)33-17-10-19-36(41(33)47)44-49-43(28-13-4-3-5-14-28)50-45(51-44)37-20-11-18-34-32-25-24-29(27-40(32)53-42(34)37)52-39-23-9-7-16-31(39)35-21-12-26-48-46(35)52/h3-27H,1-2H3. The van der Waals surface area contributed by atoms with E-state index in [1.54, 1.807) is 11.3 Å². The Labute approximate surface area is 309 Å². The first kappa shape index (κ1) is 30.2. The van der Waals surface area contributed by atoms with Crippen LogP contribution in [0.15, 0.2) is 152 Å². The molecule has 53 heavy (non-hydrogen) atoms. The van der Waals surface area contributed by atoms with Crippen molar-refractivity contribution in [3.8, 4) is 51.0 Å². The normalized spacial score (nSPS) is 13.2. The molecule has 1 aliphatic carbocycles. The number of hydrogen-bond acceptors (Lipinski definition) is 5. The predicted molar refractivity (Wildman–Crippen MR) is 219 cm³/mol. The van der Waals surface area contributed by atoms with Crippen molar-refractivity contribution in [2.75, 3.05) is 0 Å². The van der Waals surface area contributed by atoms with E-state index in [4.69, 9.17) is 19.9 Å². The maximum Gasteiger partial charge on any atom is 0.165 e. The fourth-order valence-corrected chi connectivity index (χ4v) is 9.77. The largest absolute Gasteiger partial charge is 0.294 e. The number of para-hydroxylation sites is 1. The highest BCUT2D eigenvalue weighted by Crippen LogP contribution is 2.52. The van der Waals surface area contributed by atoms with Crippen molar-refractivity contribution in [1.29, 1.82) is 0 Å². The molecule has 0 saturated heterocycles. The van der Waals surface area contributed by atoms with E-state index >= 15 is 0 Å². The molecule has 0 radical (unpaired) electrons. The molecule has 0 N–H and O–H groups in total. The van der Waals surface area contributed by atoms with Gasteiger partial charge in [-0.15, -0.1) is 11.3 Å². The van der Waals surface area contributed by atoms with E-state index in [1.807, 2.05) is 30.5 Å². The number of nitrogens with zero attached hydrogens (tertiary/aromatic N) is 5. The van der Waals surface area contributed by atoms with Crippen LogP contribution in [0.4, 0.5) is 0 Å². The van der Waals surface area contributed by atoms with E-state index in [-0.39, 0.29) is 5.41 Å². The summed E-state index contributed by atoms with van der Waals surface area (Å²) in [5, 5.41) is 4.75. The maximum atomic E-state index is 5.32. The number of rotatable bonds is 4. The van der Waals surface area contributed by atoms with Gasteiger partial charge >= 0.3 is 0 Å². The highest BCUT2D eigenvalue weighted by molar-refractivity contribution is 7.26. The lowest BCUT2D eigenvalue weighted by Gasteiger charge is -2.24. The minimum atomic E-state index is -0.211. The maximum absolute atomic E-state index is 5.32. The first-order chi connectivity index (χ1) is 26.0. The molecule has 6 aromatic carbocycles. The lowest BCUT2D eigenvalue weighted by atomic mass is 9.80. The van der Waals surface area contributed by atoms with Gasteiger partial charge in [0.2, 0.25) is 0 Å². The van der Waals surface area contributed by atoms with Gasteiger partial charge in [-0.3, -0.25) is 4.57 Å². The molecular formula is C47H31N5S. The van der Waals surface area contributed by atoms with Crippen LogP contribution >= 0.6 is 11.3 Å². The average molecular weight is 698 g/mol. The van der Waals surface area contributed by atoms with E-state index in [2.05, 4.69) is 140 Å². The first-order valence-electron chi connectivity index (χ1n) is 17.9. The van der Waals surface area contributed by atoms with Gasteiger partial charge in [-0.25, -0.2) is 19.9 Å². The molecule has 4 aromatic heterocycles. The number of fused-ring (bicyclic) bond motifs is 9. The molecule has 10 aromatic rings. The Kier molecular flexibility index (Phi) is 6.40. The number of hydrogen-bond donors (Lipinski definition) is 0. The van der Waals surface area contributed by atoms with Crippen LogP contribution in [0.3, 0.4) is 0 Å². The van der Waals surface area contributed by atoms with Crippen LogP contribution in [-0.4, -0.2) is 24.5 Å². The molecule has 0 unspecified atom stereocenters. The third-order valence-electron chi connectivity index (χ3n) is 10.9. The zero-order valence-corrected chi connectivity index (χ0v) is 29.9. The monoisotopic (exact) mass is 697 g/mol. The summed E-state index contributed by atoms with van der Waals surface area (Å²) < 4.78 is 4.63. The van der Waals surface area contributed by atoms with Gasteiger partial charge in [-0.2, -0.15) is 0 Å². The summed E-state index contributed by atoms with van der Waals surface area (Å²) in [7, 11) is 0. The van der Waals surface area contributed by atoms with Gasteiger partial charge in [0, 0.05) is 64.9 Å². The molecule has 1 aliphatic rings. The van der Waals surface area contributed by atoms with Crippen LogP contribution in [-0.2, 0) is 5.41 Å². The predicted octanol–water partition coefficient (Wildman–Crippen LogP) is 12.0. The summed E-state index contributed by atoms with van der Waals surface area (Å²) in [5.41, 5.74) is 11.1. The quantitative estimate of drug-likeness (QED) is 0.184. The zero-order valence-electron chi connectivity index (χ0n) is 29.1. The van der Waals surface area contributed by atoms with Gasteiger partial charge < -0.3 is 0 Å². The highest BCUT2D eigenvalue weighted by atomic mass is 32.1. The van der Waals surface area contributed by atoms with Crippen molar-refractivity contribution in [2.24, 2.45) is 0 Å². The van der Waals surface area contributed by atoms with Crippen LogP contribution in [0.25, 0.3) is 93.1 Å². The molecule has 0 spiro atoms. The minimum absolute atomic E-state index is 0.211. The number of benzene rings is 6. The summed E-state index contributed by atoms with van der Waals surface area (Å²) in [6.07, 6.45) is 1.87. The molecule has 5 nitrogen and oxygen atoms in total. The highest BCUT2D eigenvalue weighted by Gasteiger charge is 2.38. The van der Waals surface area contributed by atoms with Crippen LogP contribution < -0.4 is 0 Å². The second-order valence-corrected chi connectivity index (χ2v) is 15.3. The van der Waals surface area contributed by atoms with Crippen molar-refractivity contribution in [3.05, 3.63) is 163 Å². The van der Waals surface area contributed by atoms with Crippen molar-refractivity contribution in [2.45, 2.75) is 19.3 Å². The Hall–Kier alpha value is -6.50. The molecule has 6 heteroatoms. The van der Waals surface area contributed by atoms with Gasteiger partial charge in [0.1, 0.15) is 5.65 Å². The Bertz CT molecular complexity index is 3050. The summed E-state index contributed by atoms with van der Waals surface area (Å²) in [5.74, 6) is 2.02. The van der Waals surface area contributed by atoms with E-state index < -0.39 is 0 Å². The fourth-order valence-electron chi connectivity index (χ4n) is 8.53. The van der Waals surface area contributed by atoms with Crippen LogP contribution in [0, 0.1) is 0 Å². The lowest BCUT2D eigenvalue weighted by molar-refractivity contribution is 0.661. The third kappa shape index (κ3) is 4.42. The topological polar surface area (TPSA) is 56.5 Å². The molecule has 0 bridgehead atoms. The van der Waals surface area contributed by atoms with E-state index in [1.165, 1.54) is 43.1 Å². The zero-order chi connectivity index (χ0) is 35.3. The number of aromatic nitrogens is 5. The van der Waals surface area contributed by atoms with Gasteiger partial charge in [0.05, 0.1) is 5.52 Å². The molecule has 250 valence electrons. The molecule has 0 aliphatic heterocycles. The Morgan fingerprint density at radius 3 is 2.11 bits per heavy atom. The summed E-state index contributed by atoms with van der Waals surface area (Å²) in [6, 6.07) is 51.5. The van der Waals surface area contributed by atoms with Crippen LogP contribution in [0.5, 0.6) is 0 Å². The van der Waals surface area contributed by atoms with E-state index in [0.29, 0.717) is 17.5 Å². The van der Waals surface area contributed by atoms with Gasteiger partial charge in [-0.05, 0) is 58.7 Å². The second-order valence-electron chi connectivity index (χ2n) is 14.3.